The third-order valence-electron chi connectivity index (χ3n) is 3.46. The van der Waals surface area contributed by atoms with Crippen molar-refractivity contribution >= 4 is 10.9 Å². The molecule has 0 atom stereocenters. The summed E-state index contributed by atoms with van der Waals surface area (Å²) in [5, 5.41) is 1.06. The van der Waals surface area contributed by atoms with Gasteiger partial charge in [-0.05, 0) is 48.7 Å². The van der Waals surface area contributed by atoms with Gasteiger partial charge in [0, 0.05) is 22.7 Å². The number of H-pyrrole nitrogens is 1. The van der Waals surface area contributed by atoms with E-state index in [1.165, 1.54) is 23.3 Å². The topological polar surface area (TPSA) is 15.8 Å². The van der Waals surface area contributed by atoms with E-state index in [9.17, 15) is 4.39 Å². The first-order valence-electron chi connectivity index (χ1n) is 5.99. The highest BCUT2D eigenvalue weighted by Gasteiger charge is 2.07. The van der Waals surface area contributed by atoms with Gasteiger partial charge < -0.3 is 4.98 Å². The van der Waals surface area contributed by atoms with Crippen LogP contribution >= 0.6 is 0 Å². The fourth-order valence-electron chi connectivity index (χ4n) is 2.25. The van der Waals surface area contributed by atoms with Gasteiger partial charge >= 0.3 is 0 Å². The van der Waals surface area contributed by atoms with Gasteiger partial charge in [-0.1, -0.05) is 18.2 Å². The summed E-state index contributed by atoms with van der Waals surface area (Å²) < 4.78 is 13.1. The molecule has 1 nitrogen and oxygen atoms in total. The van der Waals surface area contributed by atoms with Gasteiger partial charge in [0.25, 0.3) is 0 Å². The normalized spacial score (nSPS) is 11.1. The molecule has 0 bridgehead atoms. The summed E-state index contributed by atoms with van der Waals surface area (Å²) in [6.45, 7) is 4.21. The SMILES string of the molecule is Cc1ccc(-c2c[nH]c3cc(F)ccc23)cc1C. The number of nitrogens with one attached hydrogen (secondary N) is 1. The summed E-state index contributed by atoms with van der Waals surface area (Å²) in [6.07, 6.45) is 1.94. The van der Waals surface area contributed by atoms with E-state index in [1.807, 2.05) is 12.3 Å². The van der Waals surface area contributed by atoms with E-state index >= 15 is 0 Å². The lowest BCUT2D eigenvalue weighted by atomic mass is 10.0. The van der Waals surface area contributed by atoms with Gasteiger partial charge in [0.2, 0.25) is 0 Å². The summed E-state index contributed by atoms with van der Waals surface area (Å²) >= 11 is 0. The highest BCUT2D eigenvalue weighted by atomic mass is 19.1. The summed E-state index contributed by atoms with van der Waals surface area (Å²) in [7, 11) is 0. The molecular formula is C16H14FN. The van der Waals surface area contributed by atoms with Crippen LogP contribution in [-0.2, 0) is 0 Å². The van der Waals surface area contributed by atoms with Crippen LogP contribution in [0.5, 0.6) is 0 Å². The molecule has 0 fully saturated rings. The van der Waals surface area contributed by atoms with Crippen molar-refractivity contribution in [1.29, 1.82) is 0 Å². The second kappa shape index (κ2) is 3.98. The van der Waals surface area contributed by atoms with Crippen molar-refractivity contribution in [2.75, 3.05) is 0 Å². The molecule has 0 aliphatic rings. The fourth-order valence-corrected chi connectivity index (χ4v) is 2.25. The summed E-state index contributed by atoms with van der Waals surface area (Å²) in [5.41, 5.74) is 5.67. The van der Waals surface area contributed by atoms with Crippen LogP contribution in [0.1, 0.15) is 11.1 Å². The van der Waals surface area contributed by atoms with Crippen molar-refractivity contribution in [2.45, 2.75) is 13.8 Å². The third kappa shape index (κ3) is 1.70. The van der Waals surface area contributed by atoms with E-state index in [0.717, 1.165) is 22.0 Å². The lowest BCUT2D eigenvalue weighted by molar-refractivity contribution is 0.629. The first-order valence-corrected chi connectivity index (χ1v) is 5.99. The molecule has 0 radical (unpaired) electrons. The Morgan fingerprint density at radius 3 is 2.56 bits per heavy atom. The zero-order valence-corrected chi connectivity index (χ0v) is 10.4. The van der Waals surface area contributed by atoms with Crippen LogP contribution in [0.2, 0.25) is 0 Å². The number of rotatable bonds is 1. The van der Waals surface area contributed by atoms with E-state index in [1.54, 1.807) is 0 Å². The standard InChI is InChI=1S/C16H14FN/c1-10-3-4-12(7-11(10)2)15-9-18-16-8-13(17)5-6-14(15)16/h3-9,18H,1-2H3. The van der Waals surface area contributed by atoms with Crippen LogP contribution in [0.15, 0.2) is 42.6 Å². The minimum atomic E-state index is -0.212. The van der Waals surface area contributed by atoms with Crippen LogP contribution in [-0.4, -0.2) is 4.98 Å². The van der Waals surface area contributed by atoms with E-state index in [-0.39, 0.29) is 5.82 Å². The average Bonchev–Trinajstić information content (AvgIpc) is 2.75. The van der Waals surface area contributed by atoms with E-state index in [0.29, 0.717) is 0 Å². The molecule has 0 spiro atoms. The lowest BCUT2D eigenvalue weighted by Crippen LogP contribution is -1.82. The van der Waals surface area contributed by atoms with E-state index < -0.39 is 0 Å². The number of aryl methyl sites for hydroxylation is 2. The van der Waals surface area contributed by atoms with Gasteiger partial charge in [-0.25, -0.2) is 4.39 Å². The average molecular weight is 239 g/mol. The molecule has 2 aromatic carbocycles. The molecule has 3 aromatic rings. The second-order valence-electron chi connectivity index (χ2n) is 4.69. The Labute approximate surface area is 105 Å². The minimum absolute atomic E-state index is 0.212. The predicted molar refractivity (Wildman–Crippen MR) is 73.2 cm³/mol. The van der Waals surface area contributed by atoms with Crippen molar-refractivity contribution in [1.82, 2.24) is 4.98 Å². The van der Waals surface area contributed by atoms with Crippen LogP contribution in [0.3, 0.4) is 0 Å². The zero-order valence-electron chi connectivity index (χ0n) is 10.4. The predicted octanol–water partition coefficient (Wildman–Crippen LogP) is 4.59. The summed E-state index contributed by atoms with van der Waals surface area (Å²) in [5.74, 6) is -0.212. The van der Waals surface area contributed by atoms with Crippen molar-refractivity contribution in [3.63, 3.8) is 0 Å². The first-order chi connectivity index (χ1) is 8.65. The highest BCUT2D eigenvalue weighted by molar-refractivity contribution is 5.95. The smallest absolute Gasteiger partial charge is 0.125 e. The molecule has 0 amide bonds. The third-order valence-corrected chi connectivity index (χ3v) is 3.46. The van der Waals surface area contributed by atoms with Crippen LogP contribution in [0.4, 0.5) is 4.39 Å². The Morgan fingerprint density at radius 2 is 1.78 bits per heavy atom. The largest absolute Gasteiger partial charge is 0.360 e. The molecule has 0 aliphatic heterocycles. The first kappa shape index (κ1) is 11.0. The number of aromatic nitrogens is 1. The van der Waals surface area contributed by atoms with Gasteiger partial charge in [0.1, 0.15) is 5.82 Å². The number of hydrogen-bond donors (Lipinski definition) is 1. The molecule has 0 aliphatic carbocycles. The second-order valence-corrected chi connectivity index (χ2v) is 4.69. The zero-order chi connectivity index (χ0) is 12.7. The van der Waals surface area contributed by atoms with Crippen molar-refractivity contribution in [3.05, 3.63) is 59.5 Å². The van der Waals surface area contributed by atoms with Gasteiger partial charge in [0.05, 0.1) is 0 Å². The van der Waals surface area contributed by atoms with Gasteiger partial charge in [-0.3, -0.25) is 0 Å². The lowest BCUT2D eigenvalue weighted by Gasteiger charge is -2.04. The highest BCUT2D eigenvalue weighted by Crippen LogP contribution is 2.30. The molecule has 1 aromatic heterocycles. The van der Waals surface area contributed by atoms with Gasteiger partial charge in [0.15, 0.2) is 0 Å². The fraction of sp³-hybridized carbons (Fsp3) is 0.125. The van der Waals surface area contributed by atoms with Gasteiger partial charge in [-0.15, -0.1) is 0 Å². The molecule has 18 heavy (non-hydrogen) atoms. The number of halogens is 1. The van der Waals surface area contributed by atoms with Crippen LogP contribution in [0, 0.1) is 19.7 Å². The molecule has 90 valence electrons. The Bertz CT molecular complexity index is 725. The number of hydrogen-bond acceptors (Lipinski definition) is 0. The molecule has 1 heterocycles. The maximum absolute atomic E-state index is 13.1. The molecule has 0 unspecified atom stereocenters. The molecule has 2 heteroatoms. The number of aromatic amines is 1. The van der Waals surface area contributed by atoms with E-state index in [4.69, 9.17) is 0 Å². The van der Waals surface area contributed by atoms with Crippen LogP contribution < -0.4 is 0 Å². The van der Waals surface area contributed by atoms with Crippen molar-refractivity contribution in [2.24, 2.45) is 0 Å². The Kier molecular flexibility index (Phi) is 2.44. The quantitative estimate of drug-likeness (QED) is 0.639. The Hall–Kier alpha value is -2.09. The monoisotopic (exact) mass is 239 g/mol. The van der Waals surface area contributed by atoms with Crippen molar-refractivity contribution < 1.29 is 4.39 Å². The maximum Gasteiger partial charge on any atom is 0.125 e. The minimum Gasteiger partial charge on any atom is -0.360 e. The summed E-state index contributed by atoms with van der Waals surface area (Å²) in [6, 6.07) is 11.2. The molecular weight excluding hydrogens is 225 g/mol. The van der Waals surface area contributed by atoms with E-state index in [2.05, 4.69) is 37.0 Å². The number of fused-ring (bicyclic) bond motifs is 1. The molecule has 1 N–H and O–H groups in total. The molecule has 0 saturated carbocycles. The molecule has 3 rings (SSSR count). The summed E-state index contributed by atoms with van der Waals surface area (Å²) in [4.78, 5) is 3.12. The van der Waals surface area contributed by atoms with Gasteiger partial charge in [-0.2, -0.15) is 0 Å². The number of benzene rings is 2. The Morgan fingerprint density at radius 1 is 0.944 bits per heavy atom. The van der Waals surface area contributed by atoms with Crippen LogP contribution in [0.25, 0.3) is 22.0 Å². The van der Waals surface area contributed by atoms with Crippen molar-refractivity contribution in [3.8, 4) is 11.1 Å². The maximum atomic E-state index is 13.1. The Balaban J connectivity index is 2.22. The molecule has 0 saturated heterocycles.